The molecule has 5 heteroatoms. The van der Waals surface area contributed by atoms with E-state index >= 15 is 0 Å². The van der Waals surface area contributed by atoms with Gasteiger partial charge in [0.15, 0.2) is 0 Å². The summed E-state index contributed by atoms with van der Waals surface area (Å²) in [7, 11) is 1.84. The molecule has 0 fully saturated rings. The van der Waals surface area contributed by atoms with E-state index in [1.54, 1.807) is 16.0 Å². The minimum Gasteiger partial charge on any atom is -0.315 e. The number of rotatable bonds is 5. The number of hydrogen-bond donors (Lipinski definition) is 1. The van der Waals surface area contributed by atoms with Crippen LogP contribution < -0.4 is 10.9 Å². The van der Waals surface area contributed by atoms with Gasteiger partial charge in [-0.1, -0.05) is 19.9 Å². The quantitative estimate of drug-likeness (QED) is 0.912. The molecule has 0 unspecified atom stereocenters. The number of nitrogens with one attached hydrogen (secondary N) is 1. The summed E-state index contributed by atoms with van der Waals surface area (Å²) < 4.78 is 1.59. The topological polar surface area (TPSA) is 46.9 Å². The Morgan fingerprint density at radius 2 is 2.26 bits per heavy atom. The molecule has 0 aliphatic rings. The van der Waals surface area contributed by atoms with E-state index in [2.05, 4.69) is 24.3 Å². The van der Waals surface area contributed by atoms with Crippen molar-refractivity contribution in [1.29, 1.82) is 0 Å². The lowest BCUT2D eigenvalue weighted by Gasteiger charge is -2.11. The molecule has 0 saturated heterocycles. The molecule has 2 aromatic heterocycles. The monoisotopic (exact) mass is 277 g/mol. The molecular formula is C14H19N3OS. The Balaban J connectivity index is 2.50. The van der Waals surface area contributed by atoms with Crippen LogP contribution in [0.25, 0.3) is 10.6 Å². The largest absolute Gasteiger partial charge is 0.315 e. The van der Waals surface area contributed by atoms with Gasteiger partial charge < -0.3 is 5.32 Å². The van der Waals surface area contributed by atoms with Crippen molar-refractivity contribution in [3.63, 3.8) is 0 Å². The van der Waals surface area contributed by atoms with Gasteiger partial charge in [0.1, 0.15) is 5.69 Å². The molecule has 1 N–H and O–H groups in total. The summed E-state index contributed by atoms with van der Waals surface area (Å²) >= 11 is 1.64. The molecular weight excluding hydrogens is 258 g/mol. The second kappa shape index (κ2) is 6.12. The number of nitrogens with zero attached hydrogens (tertiary/aromatic N) is 2. The second-order valence-corrected chi connectivity index (χ2v) is 5.89. The van der Waals surface area contributed by atoms with Gasteiger partial charge in [0.25, 0.3) is 5.56 Å². The van der Waals surface area contributed by atoms with Crippen molar-refractivity contribution < 1.29 is 0 Å². The maximum atomic E-state index is 12.3. The lowest BCUT2D eigenvalue weighted by atomic mass is 10.2. The molecule has 0 amide bonds. The van der Waals surface area contributed by atoms with Gasteiger partial charge in [0.05, 0.1) is 4.88 Å². The lowest BCUT2D eigenvalue weighted by Crippen LogP contribution is -2.30. The van der Waals surface area contributed by atoms with Crippen LogP contribution in [0.2, 0.25) is 0 Å². The highest BCUT2D eigenvalue weighted by Crippen LogP contribution is 2.22. The van der Waals surface area contributed by atoms with Crippen molar-refractivity contribution in [2.75, 3.05) is 7.05 Å². The zero-order valence-corrected chi connectivity index (χ0v) is 12.3. The Morgan fingerprint density at radius 3 is 2.84 bits per heavy atom. The molecule has 0 bridgehead atoms. The van der Waals surface area contributed by atoms with E-state index in [9.17, 15) is 4.79 Å². The van der Waals surface area contributed by atoms with Gasteiger partial charge in [-0.05, 0) is 30.5 Å². The van der Waals surface area contributed by atoms with Crippen LogP contribution in [0.15, 0.2) is 28.4 Å². The Labute approximate surface area is 117 Å². The smallest absolute Gasteiger partial charge is 0.271 e. The number of thiophene rings is 1. The predicted molar refractivity (Wildman–Crippen MR) is 79.4 cm³/mol. The molecule has 2 heterocycles. The number of hydrogen-bond acceptors (Lipinski definition) is 4. The molecule has 4 nitrogen and oxygen atoms in total. The Bertz CT molecular complexity index is 587. The van der Waals surface area contributed by atoms with Crippen molar-refractivity contribution in [1.82, 2.24) is 15.1 Å². The van der Waals surface area contributed by atoms with Crippen molar-refractivity contribution in [3.8, 4) is 10.6 Å². The van der Waals surface area contributed by atoms with Gasteiger partial charge in [0.2, 0.25) is 0 Å². The molecule has 2 aromatic rings. The maximum absolute atomic E-state index is 12.3. The molecule has 19 heavy (non-hydrogen) atoms. The van der Waals surface area contributed by atoms with Gasteiger partial charge in [0, 0.05) is 18.7 Å². The Morgan fingerprint density at radius 1 is 1.47 bits per heavy atom. The zero-order valence-electron chi connectivity index (χ0n) is 11.5. The first-order valence-electron chi connectivity index (χ1n) is 6.41. The third kappa shape index (κ3) is 3.30. The van der Waals surface area contributed by atoms with Gasteiger partial charge >= 0.3 is 0 Å². The molecule has 0 spiro atoms. The average molecular weight is 277 g/mol. The molecule has 0 atom stereocenters. The van der Waals surface area contributed by atoms with Crippen LogP contribution in [0, 0.1) is 5.92 Å². The van der Waals surface area contributed by atoms with E-state index in [1.165, 1.54) is 0 Å². The molecule has 0 saturated carbocycles. The SMILES string of the molecule is CNCc1cc(-c2cccs2)nn(CC(C)C)c1=O. The van der Waals surface area contributed by atoms with Crippen LogP contribution in [-0.2, 0) is 13.1 Å². The van der Waals surface area contributed by atoms with E-state index in [4.69, 9.17) is 0 Å². The average Bonchev–Trinajstić information content (AvgIpc) is 2.87. The van der Waals surface area contributed by atoms with Gasteiger partial charge in [-0.25, -0.2) is 4.68 Å². The summed E-state index contributed by atoms with van der Waals surface area (Å²) in [6.45, 7) is 5.39. The van der Waals surface area contributed by atoms with Crippen LogP contribution in [0.4, 0.5) is 0 Å². The first kappa shape index (κ1) is 14.0. The van der Waals surface area contributed by atoms with E-state index < -0.39 is 0 Å². The zero-order chi connectivity index (χ0) is 13.8. The highest BCUT2D eigenvalue weighted by molar-refractivity contribution is 7.13. The van der Waals surface area contributed by atoms with Gasteiger partial charge in [-0.15, -0.1) is 11.3 Å². The fourth-order valence-corrected chi connectivity index (χ4v) is 2.61. The summed E-state index contributed by atoms with van der Waals surface area (Å²) in [5.74, 6) is 0.395. The van der Waals surface area contributed by atoms with Crippen LogP contribution in [0.5, 0.6) is 0 Å². The molecule has 0 aliphatic heterocycles. The fourth-order valence-electron chi connectivity index (χ4n) is 1.93. The third-order valence-corrected chi connectivity index (χ3v) is 3.62. The van der Waals surface area contributed by atoms with E-state index in [-0.39, 0.29) is 5.56 Å². The summed E-state index contributed by atoms with van der Waals surface area (Å²) in [6.07, 6.45) is 0. The minimum absolute atomic E-state index is 0.00311. The molecule has 0 aromatic carbocycles. The minimum atomic E-state index is 0.00311. The predicted octanol–water partition coefficient (Wildman–Crippen LogP) is 2.35. The van der Waals surface area contributed by atoms with Crippen molar-refractivity contribution in [2.45, 2.75) is 26.9 Å². The lowest BCUT2D eigenvalue weighted by molar-refractivity contribution is 0.461. The molecule has 0 radical (unpaired) electrons. The number of aromatic nitrogens is 2. The van der Waals surface area contributed by atoms with Crippen LogP contribution in [-0.4, -0.2) is 16.8 Å². The first-order valence-corrected chi connectivity index (χ1v) is 7.29. The van der Waals surface area contributed by atoms with Crippen molar-refractivity contribution in [2.24, 2.45) is 5.92 Å². The summed E-state index contributed by atoms with van der Waals surface area (Å²) in [6, 6.07) is 5.92. The maximum Gasteiger partial charge on any atom is 0.271 e. The normalized spacial score (nSPS) is 11.2. The first-order chi connectivity index (χ1) is 9.11. The summed E-state index contributed by atoms with van der Waals surface area (Å²) in [4.78, 5) is 13.4. The van der Waals surface area contributed by atoms with Crippen molar-refractivity contribution in [3.05, 3.63) is 39.5 Å². The Kier molecular flexibility index (Phi) is 4.50. The van der Waals surface area contributed by atoms with E-state index in [1.807, 2.05) is 30.6 Å². The third-order valence-electron chi connectivity index (χ3n) is 2.73. The van der Waals surface area contributed by atoms with Crippen molar-refractivity contribution >= 4 is 11.3 Å². The highest BCUT2D eigenvalue weighted by atomic mass is 32.1. The van der Waals surface area contributed by atoms with E-state index in [0.717, 1.165) is 16.1 Å². The second-order valence-electron chi connectivity index (χ2n) is 4.94. The fraction of sp³-hybridized carbons (Fsp3) is 0.429. The van der Waals surface area contributed by atoms with Gasteiger partial charge in [-0.3, -0.25) is 4.79 Å². The van der Waals surface area contributed by atoms with Gasteiger partial charge in [-0.2, -0.15) is 5.10 Å². The van der Waals surface area contributed by atoms with Crippen LogP contribution in [0.3, 0.4) is 0 Å². The summed E-state index contributed by atoms with van der Waals surface area (Å²) in [5.41, 5.74) is 1.64. The van der Waals surface area contributed by atoms with Crippen LogP contribution >= 0.6 is 11.3 Å². The molecule has 102 valence electrons. The Hall–Kier alpha value is -1.46. The summed E-state index contributed by atoms with van der Waals surface area (Å²) in [5, 5.41) is 9.55. The molecule has 0 aliphatic carbocycles. The molecule has 2 rings (SSSR count). The standard InChI is InChI=1S/C14H19N3OS/c1-10(2)9-17-14(18)11(8-15-3)7-12(16-17)13-5-4-6-19-13/h4-7,10,15H,8-9H2,1-3H3. The highest BCUT2D eigenvalue weighted by Gasteiger charge is 2.11. The van der Waals surface area contributed by atoms with E-state index in [0.29, 0.717) is 19.0 Å². The van der Waals surface area contributed by atoms with Crippen LogP contribution in [0.1, 0.15) is 19.4 Å².